The Hall–Kier alpha value is -1.71. The van der Waals surface area contributed by atoms with Gasteiger partial charge in [0.1, 0.15) is 17.7 Å². The molecule has 0 saturated carbocycles. The van der Waals surface area contributed by atoms with Gasteiger partial charge >= 0.3 is 0 Å². The Bertz CT molecular complexity index is 528. The van der Waals surface area contributed by atoms with E-state index in [1.54, 1.807) is 11.8 Å². The first-order valence-electron chi connectivity index (χ1n) is 5.04. The molecular weight excluding hydrogens is 216 g/mol. The zero-order valence-electron chi connectivity index (χ0n) is 8.95. The first kappa shape index (κ1) is 10.8. The van der Waals surface area contributed by atoms with Crippen molar-refractivity contribution in [1.29, 1.82) is 10.5 Å². The maximum atomic E-state index is 8.94. The fourth-order valence-electron chi connectivity index (χ4n) is 1.89. The lowest BCUT2D eigenvalue weighted by molar-refractivity contribution is 1.15. The van der Waals surface area contributed by atoms with Gasteiger partial charge in [0.15, 0.2) is 0 Å². The number of hydrogen-bond acceptors (Lipinski definition) is 3. The zero-order valence-corrected chi connectivity index (χ0v) is 9.77. The van der Waals surface area contributed by atoms with Gasteiger partial charge in [-0.05, 0) is 30.0 Å². The van der Waals surface area contributed by atoms with Gasteiger partial charge in [0.05, 0.1) is 0 Å². The van der Waals surface area contributed by atoms with E-state index < -0.39 is 0 Å². The van der Waals surface area contributed by atoms with Crippen molar-refractivity contribution < 1.29 is 0 Å². The minimum absolute atomic E-state index is 0.257. The quantitative estimate of drug-likeness (QED) is 0.638. The minimum atomic E-state index is 0.257. The highest BCUT2D eigenvalue weighted by molar-refractivity contribution is 7.99. The van der Waals surface area contributed by atoms with Gasteiger partial charge in [-0.25, -0.2) is 0 Å². The second-order valence-corrected chi connectivity index (χ2v) is 4.73. The van der Waals surface area contributed by atoms with Crippen molar-refractivity contribution in [2.45, 2.75) is 18.2 Å². The van der Waals surface area contributed by atoms with Crippen LogP contribution in [0, 0.1) is 29.6 Å². The molecule has 0 fully saturated rings. The first-order chi connectivity index (χ1) is 7.77. The van der Waals surface area contributed by atoms with Crippen molar-refractivity contribution in [1.82, 2.24) is 0 Å². The van der Waals surface area contributed by atoms with Crippen LogP contribution in [0.25, 0.3) is 5.57 Å². The van der Waals surface area contributed by atoms with Crippen LogP contribution in [-0.4, -0.2) is 5.75 Å². The number of aryl methyl sites for hydroxylation is 1. The van der Waals surface area contributed by atoms with Crippen LogP contribution in [0.2, 0.25) is 0 Å². The molecule has 0 N–H and O–H groups in total. The number of rotatable bonds is 0. The van der Waals surface area contributed by atoms with E-state index in [-0.39, 0.29) is 5.57 Å². The standard InChI is InChI=1S/C13H10N2S/c1-9-3-2-4-12-11(10(7-14)8-15)5-6-16-13(9)12/h2-4H,5-6H2,1H3. The van der Waals surface area contributed by atoms with Crippen LogP contribution in [0.4, 0.5) is 0 Å². The van der Waals surface area contributed by atoms with Crippen molar-refractivity contribution in [3.8, 4) is 12.1 Å². The molecule has 1 heterocycles. The maximum Gasteiger partial charge on any atom is 0.133 e. The molecule has 1 aliphatic heterocycles. The van der Waals surface area contributed by atoms with Crippen LogP contribution in [0.3, 0.4) is 0 Å². The summed E-state index contributed by atoms with van der Waals surface area (Å²) in [6.07, 6.45) is 0.803. The van der Waals surface area contributed by atoms with Crippen LogP contribution in [0.1, 0.15) is 17.5 Å². The van der Waals surface area contributed by atoms with Crippen molar-refractivity contribution in [2.75, 3.05) is 5.75 Å². The fourth-order valence-corrected chi connectivity index (χ4v) is 3.04. The smallest absolute Gasteiger partial charge is 0.133 e. The molecule has 2 rings (SSSR count). The number of benzene rings is 1. The van der Waals surface area contributed by atoms with Crippen LogP contribution < -0.4 is 0 Å². The molecule has 1 aromatic rings. The summed E-state index contributed by atoms with van der Waals surface area (Å²) >= 11 is 1.80. The Morgan fingerprint density at radius 1 is 1.31 bits per heavy atom. The van der Waals surface area contributed by atoms with E-state index in [4.69, 9.17) is 10.5 Å². The molecule has 0 aromatic heterocycles. The molecule has 16 heavy (non-hydrogen) atoms. The van der Waals surface area contributed by atoms with E-state index in [1.165, 1.54) is 10.5 Å². The van der Waals surface area contributed by atoms with Gasteiger partial charge in [-0.1, -0.05) is 18.2 Å². The molecule has 78 valence electrons. The monoisotopic (exact) mass is 226 g/mol. The number of nitrogens with zero attached hydrogens (tertiary/aromatic N) is 2. The lowest BCUT2D eigenvalue weighted by Crippen LogP contribution is -2.01. The first-order valence-corrected chi connectivity index (χ1v) is 6.02. The molecule has 0 bridgehead atoms. The van der Waals surface area contributed by atoms with E-state index >= 15 is 0 Å². The third-order valence-electron chi connectivity index (χ3n) is 2.66. The number of thioether (sulfide) groups is 1. The van der Waals surface area contributed by atoms with Crippen LogP contribution >= 0.6 is 11.8 Å². The summed E-state index contributed by atoms with van der Waals surface area (Å²) in [5.74, 6) is 0.944. The second kappa shape index (κ2) is 4.43. The van der Waals surface area contributed by atoms with Gasteiger partial charge in [0, 0.05) is 10.6 Å². The van der Waals surface area contributed by atoms with E-state index in [0.29, 0.717) is 0 Å². The number of nitriles is 2. The van der Waals surface area contributed by atoms with Gasteiger partial charge in [-0.15, -0.1) is 11.8 Å². The van der Waals surface area contributed by atoms with Crippen molar-refractivity contribution in [3.05, 3.63) is 34.9 Å². The molecule has 1 aliphatic rings. The Kier molecular flexibility index (Phi) is 2.99. The van der Waals surface area contributed by atoms with Gasteiger partial charge < -0.3 is 0 Å². The predicted molar refractivity (Wildman–Crippen MR) is 64.7 cm³/mol. The Morgan fingerprint density at radius 3 is 2.75 bits per heavy atom. The molecule has 0 aliphatic carbocycles. The lowest BCUT2D eigenvalue weighted by Gasteiger charge is -2.20. The summed E-state index contributed by atoms with van der Waals surface area (Å²) < 4.78 is 0. The predicted octanol–water partition coefficient (Wildman–Crippen LogP) is 3.29. The number of allylic oxidation sites excluding steroid dienone is 2. The number of hydrogen-bond donors (Lipinski definition) is 0. The normalized spacial score (nSPS) is 13.6. The average molecular weight is 226 g/mol. The van der Waals surface area contributed by atoms with E-state index in [0.717, 1.165) is 23.3 Å². The molecule has 3 heteroatoms. The Labute approximate surface area is 99.2 Å². The summed E-state index contributed by atoms with van der Waals surface area (Å²) in [4.78, 5) is 1.21. The highest BCUT2D eigenvalue weighted by atomic mass is 32.2. The zero-order chi connectivity index (χ0) is 11.5. The van der Waals surface area contributed by atoms with Crippen LogP contribution in [0.5, 0.6) is 0 Å². The summed E-state index contributed by atoms with van der Waals surface area (Å²) in [6, 6.07) is 10.0. The molecule has 1 aromatic carbocycles. The molecular formula is C13H10N2S. The van der Waals surface area contributed by atoms with Crippen molar-refractivity contribution in [2.24, 2.45) is 0 Å². The third kappa shape index (κ3) is 1.71. The van der Waals surface area contributed by atoms with Crippen LogP contribution in [-0.2, 0) is 0 Å². The molecule has 2 nitrogen and oxygen atoms in total. The molecule has 0 saturated heterocycles. The second-order valence-electron chi connectivity index (χ2n) is 3.63. The van der Waals surface area contributed by atoms with E-state index in [2.05, 4.69) is 13.0 Å². The highest BCUT2D eigenvalue weighted by Gasteiger charge is 2.19. The van der Waals surface area contributed by atoms with Crippen molar-refractivity contribution in [3.63, 3.8) is 0 Å². The topological polar surface area (TPSA) is 47.6 Å². The summed E-state index contributed by atoms with van der Waals surface area (Å²) in [5.41, 5.74) is 3.44. The van der Waals surface area contributed by atoms with E-state index in [9.17, 15) is 0 Å². The largest absolute Gasteiger partial charge is 0.192 e. The summed E-state index contributed by atoms with van der Waals surface area (Å²) in [7, 11) is 0. The van der Waals surface area contributed by atoms with Crippen LogP contribution in [0.15, 0.2) is 28.7 Å². The highest BCUT2D eigenvalue weighted by Crippen LogP contribution is 2.39. The maximum absolute atomic E-state index is 8.94. The third-order valence-corrected chi connectivity index (χ3v) is 3.90. The molecule has 0 atom stereocenters. The summed E-state index contributed by atoms with van der Waals surface area (Å²) in [5, 5.41) is 17.9. The van der Waals surface area contributed by atoms with Gasteiger partial charge in [-0.2, -0.15) is 10.5 Å². The lowest BCUT2D eigenvalue weighted by atomic mass is 9.96. The van der Waals surface area contributed by atoms with Gasteiger partial charge in [0.25, 0.3) is 0 Å². The molecule has 0 amide bonds. The SMILES string of the molecule is Cc1cccc2c1SCCC2=C(C#N)C#N. The number of fused-ring (bicyclic) bond motifs is 1. The molecule has 0 spiro atoms. The average Bonchev–Trinajstić information content (AvgIpc) is 2.32. The summed E-state index contributed by atoms with van der Waals surface area (Å²) in [6.45, 7) is 2.06. The minimum Gasteiger partial charge on any atom is -0.192 e. The Morgan fingerprint density at radius 2 is 2.06 bits per heavy atom. The Balaban J connectivity index is 2.68. The van der Waals surface area contributed by atoms with E-state index in [1.807, 2.05) is 24.3 Å². The molecule has 0 unspecified atom stereocenters. The van der Waals surface area contributed by atoms with Crippen molar-refractivity contribution >= 4 is 17.3 Å². The molecule has 0 radical (unpaired) electrons. The van der Waals surface area contributed by atoms with Gasteiger partial charge in [0.2, 0.25) is 0 Å². The fraction of sp³-hybridized carbons (Fsp3) is 0.231. The van der Waals surface area contributed by atoms with Gasteiger partial charge in [-0.3, -0.25) is 0 Å².